The van der Waals surface area contributed by atoms with E-state index in [0.717, 1.165) is 0 Å². The van der Waals surface area contributed by atoms with Crippen LogP contribution in [0.2, 0.25) is 5.02 Å². The van der Waals surface area contributed by atoms with Gasteiger partial charge in [-0.3, -0.25) is 4.79 Å². The number of aromatic nitrogens is 2. The molecule has 0 radical (unpaired) electrons. The quantitative estimate of drug-likeness (QED) is 0.149. The summed E-state index contributed by atoms with van der Waals surface area (Å²) in [5, 5.41) is 26.7. The van der Waals surface area contributed by atoms with Crippen molar-refractivity contribution in [3.05, 3.63) is 52.7 Å². The number of hydrogen-bond acceptors (Lipinski definition) is 10. The number of hydrogen-bond donors (Lipinski definition) is 2. The van der Waals surface area contributed by atoms with E-state index in [2.05, 4.69) is 26.7 Å². The Kier molecular flexibility index (Phi) is 12.1. The summed E-state index contributed by atoms with van der Waals surface area (Å²) in [6.45, 7) is 9.86. The van der Waals surface area contributed by atoms with Crippen molar-refractivity contribution < 1.29 is 47.3 Å². The van der Waals surface area contributed by atoms with Crippen LogP contribution in [0.3, 0.4) is 0 Å². The zero-order valence-electron chi connectivity index (χ0n) is 24.5. The molecule has 15 heteroatoms. The zero-order chi connectivity index (χ0) is 30.5. The summed E-state index contributed by atoms with van der Waals surface area (Å²) in [4.78, 5) is 13.9. The van der Waals surface area contributed by atoms with Crippen LogP contribution in [-0.4, -0.2) is 47.5 Å². The maximum Gasteiger partial charge on any atom is 1.00 e. The first kappa shape index (κ1) is 35.2. The second kappa shape index (κ2) is 14.5. The number of nitrogens with two attached hydrogens (primary N) is 1. The predicted octanol–water partition coefficient (Wildman–Crippen LogP) is 2.42. The molecule has 0 bridgehead atoms. The van der Waals surface area contributed by atoms with Gasteiger partial charge in [-0.1, -0.05) is 32.4 Å². The normalized spacial score (nSPS) is 11.7. The number of halogens is 1. The Labute approximate surface area is 273 Å². The Morgan fingerprint density at radius 2 is 1.93 bits per heavy atom. The standard InChI is InChI=1S/C27H33ClN8O4S.Na/c1-6-35(12-7-13-41(38,39)40)19-9-10-22(23(15-19)31-17(2)37)32-33-26-20(16-29)25(27(3,4)5)34-36(26)24-11-8-18(28)14-21(24)30;/h8-11,14-15H,6-7,12-13,30H2,1-5H3,(H,31,37)(H,38,39,40);/q;+1/p-1. The van der Waals surface area contributed by atoms with Gasteiger partial charge in [0.2, 0.25) is 5.91 Å². The molecule has 12 nitrogen and oxygen atoms in total. The van der Waals surface area contributed by atoms with E-state index >= 15 is 0 Å². The molecule has 0 spiro atoms. The first-order chi connectivity index (χ1) is 19.1. The maximum absolute atomic E-state index is 12.0. The molecule has 0 unspecified atom stereocenters. The number of rotatable bonds is 10. The number of anilines is 3. The van der Waals surface area contributed by atoms with Crippen molar-refractivity contribution in [1.82, 2.24) is 9.78 Å². The Hall–Kier alpha value is -2.99. The van der Waals surface area contributed by atoms with Gasteiger partial charge in [-0.15, -0.1) is 10.2 Å². The van der Waals surface area contributed by atoms with Crippen LogP contribution in [0, 0.1) is 11.3 Å². The van der Waals surface area contributed by atoms with Gasteiger partial charge in [0.15, 0.2) is 5.82 Å². The van der Waals surface area contributed by atoms with Crippen LogP contribution in [-0.2, 0) is 20.3 Å². The number of nitrogens with one attached hydrogen (secondary N) is 1. The average Bonchev–Trinajstić information content (AvgIpc) is 3.23. The van der Waals surface area contributed by atoms with E-state index in [1.54, 1.807) is 36.4 Å². The molecule has 0 aliphatic rings. The van der Waals surface area contributed by atoms with Gasteiger partial charge in [-0.25, -0.2) is 13.1 Å². The summed E-state index contributed by atoms with van der Waals surface area (Å²) >= 11 is 6.09. The molecule has 2 aromatic carbocycles. The summed E-state index contributed by atoms with van der Waals surface area (Å²) in [5.41, 5.74) is 8.58. The molecule has 42 heavy (non-hydrogen) atoms. The van der Waals surface area contributed by atoms with Gasteiger partial charge in [0.1, 0.15) is 17.3 Å². The summed E-state index contributed by atoms with van der Waals surface area (Å²) in [5.74, 6) is -0.665. The molecule has 3 N–H and O–H groups in total. The van der Waals surface area contributed by atoms with E-state index < -0.39 is 21.3 Å². The fourth-order valence-electron chi connectivity index (χ4n) is 4.12. The van der Waals surface area contributed by atoms with Crippen LogP contribution >= 0.6 is 11.6 Å². The second-order valence-electron chi connectivity index (χ2n) is 10.3. The van der Waals surface area contributed by atoms with E-state index in [1.165, 1.54) is 11.6 Å². The molecule has 0 aliphatic heterocycles. The number of amides is 1. The third-order valence-electron chi connectivity index (χ3n) is 6.01. The van der Waals surface area contributed by atoms with Crippen molar-refractivity contribution in [1.29, 1.82) is 5.26 Å². The minimum absolute atomic E-state index is 0. The van der Waals surface area contributed by atoms with Gasteiger partial charge in [0, 0.05) is 41.9 Å². The van der Waals surface area contributed by atoms with Crippen molar-refractivity contribution in [2.45, 2.75) is 46.5 Å². The predicted molar refractivity (Wildman–Crippen MR) is 158 cm³/mol. The third-order valence-corrected chi connectivity index (χ3v) is 7.04. The number of azo groups is 1. The molecular weight excluding hydrogens is 591 g/mol. The van der Waals surface area contributed by atoms with Gasteiger partial charge in [-0.2, -0.15) is 10.4 Å². The average molecular weight is 623 g/mol. The van der Waals surface area contributed by atoms with E-state index in [4.69, 9.17) is 17.3 Å². The summed E-state index contributed by atoms with van der Waals surface area (Å²) in [6.07, 6.45) is 0.154. The Morgan fingerprint density at radius 1 is 1.24 bits per heavy atom. The third kappa shape index (κ3) is 9.00. The molecule has 3 aromatic rings. The summed E-state index contributed by atoms with van der Waals surface area (Å²) in [7, 11) is -4.32. The number of nitriles is 1. The van der Waals surface area contributed by atoms with Crippen LogP contribution in [0.1, 0.15) is 52.3 Å². The van der Waals surface area contributed by atoms with E-state index in [9.17, 15) is 23.0 Å². The number of benzene rings is 2. The summed E-state index contributed by atoms with van der Waals surface area (Å²) in [6, 6.07) is 12.2. The van der Waals surface area contributed by atoms with Gasteiger partial charge < -0.3 is 20.5 Å². The molecule has 1 aromatic heterocycles. The monoisotopic (exact) mass is 622 g/mol. The van der Waals surface area contributed by atoms with Crippen molar-refractivity contribution in [2.75, 3.05) is 34.8 Å². The molecule has 0 atom stereocenters. The molecule has 0 saturated carbocycles. The molecule has 0 aliphatic carbocycles. The van der Waals surface area contributed by atoms with Crippen molar-refractivity contribution in [3.8, 4) is 11.8 Å². The maximum atomic E-state index is 12.0. The van der Waals surface area contributed by atoms with Crippen LogP contribution < -0.4 is 45.5 Å². The SMILES string of the molecule is CCN(CCCS(=O)(=O)[O-])c1ccc(N=Nc2c(C#N)c(C(C)(C)C)nn2-c2ccc(Cl)cc2N)c(NC(C)=O)c1.[Na+]. The Balaban J connectivity index is 0.00000616. The molecule has 0 fully saturated rings. The first-order valence-electron chi connectivity index (χ1n) is 12.8. The number of carbonyl (C=O) groups excluding carboxylic acids is 1. The second-order valence-corrected chi connectivity index (χ2v) is 12.3. The molecule has 3 rings (SSSR count). The molecule has 218 valence electrons. The van der Waals surface area contributed by atoms with Gasteiger partial charge in [0.05, 0.1) is 32.9 Å². The van der Waals surface area contributed by atoms with Gasteiger partial charge >= 0.3 is 29.6 Å². The van der Waals surface area contributed by atoms with Crippen LogP contribution in [0.4, 0.5) is 28.6 Å². The fourth-order valence-corrected chi connectivity index (χ4v) is 4.78. The molecular formula is C27H32ClN8NaO4S. The molecule has 1 heterocycles. The topological polar surface area (TPSA) is 182 Å². The van der Waals surface area contributed by atoms with Crippen molar-refractivity contribution in [3.63, 3.8) is 0 Å². The minimum Gasteiger partial charge on any atom is -0.748 e. The number of carbonyl (C=O) groups is 1. The Bertz CT molecular complexity index is 1630. The van der Waals surface area contributed by atoms with E-state index in [0.29, 0.717) is 52.2 Å². The first-order valence-corrected chi connectivity index (χ1v) is 14.7. The number of nitrogen functional groups attached to an aromatic ring is 1. The largest absolute Gasteiger partial charge is 1.00 e. The number of nitrogens with zero attached hydrogens (tertiary/aromatic N) is 6. The van der Waals surface area contributed by atoms with Gasteiger partial charge in [-0.05, 0) is 49.7 Å². The van der Waals surface area contributed by atoms with Crippen molar-refractivity contribution >= 4 is 56.2 Å². The minimum atomic E-state index is -4.32. The van der Waals surface area contributed by atoms with Crippen LogP contribution in [0.5, 0.6) is 0 Å². The van der Waals surface area contributed by atoms with Crippen molar-refractivity contribution in [2.24, 2.45) is 10.2 Å². The Morgan fingerprint density at radius 3 is 2.48 bits per heavy atom. The fraction of sp³-hybridized carbons (Fsp3) is 0.370. The molecule has 1 amide bonds. The van der Waals surface area contributed by atoms with E-state index in [1.807, 2.05) is 32.6 Å². The summed E-state index contributed by atoms with van der Waals surface area (Å²) < 4.78 is 34.5. The van der Waals surface area contributed by atoms with Gasteiger partial charge in [0.25, 0.3) is 0 Å². The zero-order valence-corrected chi connectivity index (χ0v) is 28.0. The van der Waals surface area contributed by atoms with Crippen LogP contribution in [0.25, 0.3) is 5.69 Å². The molecule has 0 saturated heterocycles. The van der Waals surface area contributed by atoms with E-state index in [-0.39, 0.29) is 53.3 Å². The van der Waals surface area contributed by atoms with Crippen LogP contribution in [0.15, 0.2) is 46.6 Å². The smallest absolute Gasteiger partial charge is 0.748 e.